The van der Waals surface area contributed by atoms with E-state index in [1.807, 2.05) is 0 Å². The fraction of sp³-hybridized carbons (Fsp3) is 0.500. The summed E-state index contributed by atoms with van der Waals surface area (Å²) in [5.41, 5.74) is -0.521. The van der Waals surface area contributed by atoms with E-state index in [9.17, 15) is 18.3 Å². The fourth-order valence-corrected chi connectivity index (χ4v) is 5.02. The van der Waals surface area contributed by atoms with Gasteiger partial charge in [0.15, 0.2) is 0 Å². The van der Waals surface area contributed by atoms with Crippen LogP contribution >= 0.6 is 15.9 Å². The molecule has 1 heterocycles. The summed E-state index contributed by atoms with van der Waals surface area (Å²) in [4.78, 5) is 11.8. The Bertz CT molecular complexity index is 674. The number of carboxylic acids is 1. The number of rotatable bonds is 4. The molecule has 0 aliphatic carbocycles. The minimum Gasteiger partial charge on any atom is -0.480 e. The van der Waals surface area contributed by atoms with Gasteiger partial charge in [-0.1, -0.05) is 22.9 Å². The Morgan fingerprint density at radius 3 is 2.67 bits per heavy atom. The highest BCUT2D eigenvalue weighted by atomic mass is 79.9. The minimum atomic E-state index is -3.81. The second kappa shape index (κ2) is 5.70. The molecule has 116 valence electrons. The van der Waals surface area contributed by atoms with Crippen molar-refractivity contribution < 1.29 is 18.3 Å². The molecule has 0 saturated carbocycles. The van der Waals surface area contributed by atoms with Crippen molar-refractivity contribution in [2.24, 2.45) is 0 Å². The largest absolute Gasteiger partial charge is 0.480 e. The standard InChI is InChI=1S/C14H18BrNO4S/c1-3-14(13(17)18)7-4-8-16(14)21(19,20)11-5-6-12(15)10(2)9-11/h5-6,9H,3-4,7-8H2,1-2H3,(H,17,18). The van der Waals surface area contributed by atoms with Crippen LogP contribution in [0.5, 0.6) is 0 Å². The van der Waals surface area contributed by atoms with Gasteiger partial charge in [0.2, 0.25) is 10.0 Å². The van der Waals surface area contributed by atoms with Gasteiger partial charge in [-0.2, -0.15) is 4.31 Å². The Morgan fingerprint density at radius 1 is 1.48 bits per heavy atom. The second-order valence-corrected chi connectivity index (χ2v) is 8.00. The molecule has 5 nitrogen and oxygen atoms in total. The zero-order chi connectivity index (χ0) is 15.8. The summed E-state index contributed by atoms with van der Waals surface area (Å²) in [6.45, 7) is 3.77. The van der Waals surface area contributed by atoms with E-state index < -0.39 is 21.5 Å². The number of sulfonamides is 1. The lowest BCUT2D eigenvalue weighted by molar-refractivity contribution is -0.147. The van der Waals surface area contributed by atoms with Gasteiger partial charge in [-0.3, -0.25) is 4.79 Å². The minimum absolute atomic E-state index is 0.143. The smallest absolute Gasteiger partial charge is 0.325 e. The maximum absolute atomic E-state index is 12.8. The van der Waals surface area contributed by atoms with E-state index in [2.05, 4.69) is 15.9 Å². The number of benzene rings is 1. The maximum Gasteiger partial charge on any atom is 0.325 e. The first kappa shape index (κ1) is 16.5. The summed E-state index contributed by atoms with van der Waals surface area (Å²) in [5.74, 6) is -1.07. The summed E-state index contributed by atoms with van der Waals surface area (Å²) < 4.78 is 27.6. The van der Waals surface area contributed by atoms with E-state index in [0.29, 0.717) is 12.8 Å². The lowest BCUT2D eigenvalue weighted by atomic mass is 9.95. The molecular weight excluding hydrogens is 358 g/mol. The molecular formula is C14H18BrNO4S. The van der Waals surface area contributed by atoms with E-state index in [0.717, 1.165) is 14.3 Å². The average Bonchev–Trinajstić information content (AvgIpc) is 2.87. The fourth-order valence-electron chi connectivity index (χ4n) is 2.83. The van der Waals surface area contributed by atoms with E-state index in [1.165, 1.54) is 6.07 Å². The lowest BCUT2D eigenvalue weighted by Gasteiger charge is -2.32. The molecule has 7 heteroatoms. The third-order valence-electron chi connectivity index (χ3n) is 4.13. The average molecular weight is 376 g/mol. The van der Waals surface area contributed by atoms with Crippen molar-refractivity contribution >= 4 is 31.9 Å². The monoisotopic (exact) mass is 375 g/mol. The van der Waals surface area contributed by atoms with Gasteiger partial charge in [-0.25, -0.2) is 8.42 Å². The van der Waals surface area contributed by atoms with Crippen molar-refractivity contribution in [3.63, 3.8) is 0 Å². The number of carbonyl (C=O) groups is 1. The van der Waals surface area contributed by atoms with Crippen molar-refractivity contribution in [3.05, 3.63) is 28.2 Å². The molecule has 21 heavy (non-hydrogen) atoms. The predicted octanol–water partition coefficient (Wildman–Crippen LogP) is 2.78. The first-order valence-electron chi connectivity index (χ1n) is 6.78. The molecule has 1 aliphatic rings. The zero-order valence-corrected chi connectivity index (χ0v) is 14.4. The molecule has 1 N–H and O–H groups in total. The van der Waals surface area contributed by atoms with Gasteiger partial charge < -0.3 is 5.11 Å². The summed E-state index contributed by atoms with van der Waals surface area (Å²) in [6.07, 6.45) is 1.18. The third kappa shape index (κ3) is 2.62. The van der Waals surface area contributed by atoms with E-state index in [1.54, 1.807) is 26.0 Å². The first-order valence-corrected chi connectivity index (χ1v) is 9.01. The Kier molecular flexibility index (Phi) is 4.46. The van der Waals surface area contributed by atoms with Gasteiger partial charge in [-0.05, 0) is 49.9 Å². The normalized spacial score (nSPS) is 23.4. The molecule has 1 unspecified atom stereocenters. The highest BCUT2D eigenvalue weighted by Crippen LogP contribution is 2.37. The summed E-state index contributed by atoms with van der Waals surface area (Å²) in [5, 5.41) is 9.53. The molecule has 0 bridgehead atoms. The second-order valence-electron chi connectivity index (χ2n) is 5.28. The number of carboxylic acid groups (broad SMARTS) is 1. The van der Waals surface area contributed by atoms with Gasteiger partial charge in [0, 0.05) is 11.0 Å². The highest BCUT2D eigenvalue weighted by Gasteiger charge is 2.52. The van der Waals surface area contributed by atoms with Crippen LogP contribution < -0.4 is 0 Å². The summed E-state index contributed by atoms with van der Waals surface area (Å²) in [6, 6.07) is 4.75. The van der Waals surface area contributed by atoms with Gasteiger partial charge in [-0.15, -0.1) is 0 Å². The lowest BCUT2D eigenvalue weighted by Crippen LogP contribution is -2.52. The van der Waals surface area contributed by atoms with Crippen molar-refractivity contribution in [3.8, 4) is 0 Å². The quantitative estimate of drug-likeness (QED) is 0.877. The van der Waals surface area contributed by atoms with Crippen LogP contribution in [0.15, 0.2) is 27.6 Å². The first-order chi connectivity index (χ1) is 9.75. The molecule has 1 aromatic carbocycles. The van der Waals surface area contributed by atoms with Crippen molar-refractivity contribution in [1.82, 2.24) is 4.31 Å². The van der Waals surface area contributed by atoms with Crippen LogP contribution in [0.2, 0.25) is 0 Å². The molecule has 1 atom stereocenters. The molecule has 0 amide bonds. The van der Waals surface area contributed by atoms with Gasteiger partial charge in [0.1, 0.15) is 5.54 Å². The predicted molar refractivity (Wildman–Crippen MR) is 82.7 cm³/mol. The number of halogens is 1. The number of nitrogens with zero attached hydrogens (tertiary/aromatic N) is 1. The molecule has 1 aliphatic heterocycles. The van der Waals surface area contributed by atoms with Crippen LogP contribution in [0.25, 0.3) is 0 Å². The third-order valence-corrected chi connectivity index (χ3v) is 6.98. The summed E-state index contributed by atoms with van der Waals surface area (Å²) >= 11 is 3.34. The van der Waals surface area contributed by atoms with Crippen LogP contribution in [0.3, 0.4) is 0 Å². The SMILES string of the molecule is CCC1(C(=O)O)CCCN1S(=O)(=O)c1ccc(Br)c(C)c1. The van der Waals surface area contributed by atoms with Crippen molar-refractivity contribution in [2.75, 3.05) is 6.54 Å². The Hall–Kier alpha value is -0.920. The molecule has 1 aromatic rings. The van der Waals surface area contributed by atoms with Gasteiger partial charge in [0.25, 0.3) is 0 Å². The van der Waals surface area contributed by atoms with E-state index in [-0.39, 0.29) is 17.9 Å². The topological polar surface area (TPSA) is 74.7 Å². The zero-order valence-electron chi connectivity index (χ0n) is 12.0. The molecule has 0 radical (unpaired) electrons. The molecule has 1 fully saturated rings. The molecule has 0 aromatic heterocycles. The molecule has 2 rings (SSSR count). The summed E-state index contributed by atoms with van der Waals surface area (Å²) in [7, 11) is -3.81. The Morgan fingerprint density at radius 2 is 2.14 bits per heavy atom. The van der Waals surface area contributed by atoms with E-state index in [4.69, 9.17) is 0 Å². The van der Waals surface area contributed by atoms with Crippen molar-refractivity contribution in [2.45, 2.75) is 43.5 Å². The molecule has 1 saturated heterocycles. The number of hydrogen-bond acceptors (Lipinski definition) is 3. The van der Waals surface area contributed by atoms with Gasteiger partial charge in [0.05, 0.1) is 4.90 Å². The van der Waals surface area contributed by atoms with Crippen LogP contribution in [0.1, 0.15) is 31.7 Å². The van der Waals surface area contributed by atoms with Crippen molar-refractivity contribution in [1.29, 1.82) is 0 Å². The highest BCUT2D eigenvalue weighted by molar-refractivity contribution is 9.10. The molecule has 0 spiro atoms. The number of hydrogen-bond donors (Lipinski definition) is 1. The Balaban J connectivity index is 2.52. The van der Waals surface area contributed by atoms with Crippen LogP contribution in [-0.4, -0.2) is 35.9 Å². The number of aliphatic carboxylic acids is 1. The van der Waals surface area contributed by atoms with Crippen LogP contribution in [-0.2, 0) is 14.8 Å². The van der Waals surface area contributed by atoms with Gasteiger partial charge >= 0.3 is 5.97 Å². The van der Waals surface area contributed by atoms with Crippen LogP contribution in [0, 0.1) is 6.92 Å². The Labute approximate surface area is 133 Å². The number of aryl methyl sites for hydroxylation is 1. The van der Waals surface area contributed by atoms with E-state index >= 15 is 0 Å². The van der Waals surface area contributed by atoms with Crippen LogP contribution in [0.4, 0.5) is 0 Å². The maximum atomic E-state index is 12.8.